The summed E-state index contributed by atoms with van der Waals surface area (Å²) in [5.74, 6) is -0.0128. The zero-order chi connectivity index (χ0) is 18.1. The standard InChI is InChI=1S/C21H29N3O/c1-4-14-24(15-5-2)19-12-13-22-20(16-19)21(25)23(6-3)17-18-10-8-7-9-11-18/h7-13,16H,4-6,14-15,17H2,1-3H3. The lowest BCUT2D eigenvalue weighted by Gasteiger charge is -2.25. The molecule has 0 aliphatic heterocycles. The van der Waals surface area contributed by atoms with Gasteiger partial charge in [0.25, 0.3) is 5.91 Å². The lowest BCUT2D eigenvalue weighted by molar-refractivity contribution is 0.0746. The molecule has 1 amide bonds. The smallest absolute Gasteiger partial charge is 0.272 e. The van der Waals surface area contributed by atoms with Crippen LogP contribution >= 0.6 is 0 Å². The lowest BCUT2D eigenvalue weighted by Crippen LogP contribution is -2.31. The second-order valence-electron chi connectivity index (χ2n) is 6.19. The predicted octanol–water partition coefficient (Wildman–Crippen LogP) is 4.37. The van der Waals surface area contributed by atoms with E-state index in [1.54, 1.807) is 6.20 Å². The minimum Gasteiger partial charge on any atom is -0.371 e. The molecule has 0 radical (unpaired) electrons. The molecule has 134 valence electrons. The highest BCUT2D eigenvalue weighted by Crippen LogP contribution is 2.17. The first-order valence-electron chi connectivity index (χ1n) is 9.23. The molecule has 0 saturated carbocycles. The van der Waals surface area contributed by atoms with Crippen molar-refractivity contribution in [2.24, 2.45) is 0 Å². The minimum atomic E-state index is -0.0128. The zero-order valence-corrected chi connectivity index (χ0v) is 15.6. The summed E-state index contributed by atoms with van der Waals surface area (Å²) in [5.41, 5.74) is 2.73. The third kappa shape index (κ3) is 5.31. The molecule has 0 fully saturated rings. The summed E-state index contributed by atoms with van der Waals surface area (Å²) in [4.78, 5) is 21.4. The summed E-state index contributed by atoms with van der Waals surface area (Å²) in [6, 6.07) is 14.0. The molecule has 4 nitrogen and oxygen atoms in total. The van der Waals surface area contributed by atoms with Crippen molar-refractivity contribution in [3.63, 3.8) is 0 Å². The van der Waals surface area contributed by atoms with Gasteiger partial charge in [-0.1, -0.05) is 44.2 Å². The zero-order valence-electron chi connectivity index (χ0n) is 15.6. The van der Waals surface area contributed by atoms with Gasteiger partial charge in [-0.05, 0) is 37.5 Å². The number of amides is 1. The van der Waals surface area contributed by atoms with Crippen LogP contribution in [0.5, 0.6) is 0 Å². The fraction of sp³-hybridized carbons (Fsp3) is 0.429. The molecule has 0 unspecified atom stereocenters. The molecule has 2 aromatic rings. The van der Waals surface area contributed by atoms with Gasteiger partial charge in [0.05, 0.1) is 0 Å². The number of hydrogen-bond acceptors (Lipinski definition) is 3. The SMILES string of the molecule is CCCN(CCC)c1ccnc(C(=O)N(CC)Cc2ccccc2)c1. The number of rotatable bonds is 9. The molecule has 2 rings (SSSR count). The van der Waals surface area contributed by atoms with Gasteiger partial charge in [-0.15, -0.1) is 0 Å². The van der Waals surface area contributed by atoms with Crippen LogP contribution in [0, 0.1) is 0 Å². The molecule has 1 aromatic carbocycles. The van der Waals surface area contributed by atoms with E-state index in [4.69, 9.17) is 0 Å². The van der Waals surface area contributed by atoms with Crippen molar-refractivity contribution < 1.29 is 4.79 Å². The fourth-order valence-electron chi connectivity index (χ4n) is 2.94. The van der Waals surface area contributed by atoms with Gasteiger partial charge in [0, 0.05) is 38.1 Å². The summed E-state index contributed by atoms with van der Waals surface area (Å²) in [6.45, 7) is 9.61. The number of benzene rings is 1. The van der Waals surface area contributed by atoms with Crippen molar-refractivity contribution in [2.45, 2.75) is 40.2 Å². The minimum absolute atomic E-state index is 0.0128. The van der Waals surface area contributed by atoms with E-state index in [9.17, 15) is 4.79 Å². The van der Waals surface area contributed by atoms with Crippen LogP contribution in [0.15, 0.2) is 48.7 Å². The average Bonchev–Trinajstić information content (AvgIpc) is 2.66. The fourth-order valence-corrected chi connectivity index (χ4v) is 2.94. The van der Waals surface area contributed by atoms with Gasteiger partial charge in [-0.25, -0.2) is 0 Å². The molecule has 4 heteroatoms. The number of aromatic nitrogens is 1. The Labute approximate surface area is 151 Å². The Hall–Kier alpha value is -2.36. The van der Waals surface area contributed by atoms with E-state index < -0.39 is 0 Å². The predicted molar refractivity (Wildman–Crippen MR) is 104 cm³/mol. The summed E-state index contributed by atoms with van der Waals surface area (Å²) in [6.07, 6.45) is 3.92. The Morgan fingerprint density at radius 1 is 1.00 bits per heavy atom. The topological polar surface area (TPSA) is 36.4 Å². The molecule has 1 heterocycles. The second kappa shape index (κ2) is 9.82. The third-order valence-corrected chi connectivity index (χ3v) is 4.20. The van der Waals surface area contributed by atoms with Crippen LogP contribution in [0.25, 0.3) is 0 Å². The van der Waals surface area contributed by atoms with Crippen LogP contribution in [0.4, 0.5) is 5.69 Å². The molecule has 0 aliphatic carbocycles. The van der Waals surface area contributed by atoms with E-state index in [0.717, 1.165) is 37.2 Å². The number of pyridine rings is 1. The highest BCUT2D eigenvalue weighted by molar-refractivity contribution is 5.93. The maximum atomic E-state index is 12.9. The average molecular weight is 339 g/mol. The third-order valence-electron chi connectivity index (χ3n) is 4.20. The Balaban J connectivity index is 2.18. The molecule has 0 saturated heterocycles. The molecular formula is C21H29N3O. The molecule has 0 bridgehead atoms. The first-order chi connectivity index (χ1) is 12.2. The molecule has 0 atom stereocenters. The maximum Gasteiger partial charge on any atom is 0.272 e. The monoisotopic (exact) mass is 339 g/mol. The van der Waals surface area contributed by atoms with Crippen LogP contribution in [0.1, 0.15) is 49.7 Å². The summed E-state index contributed by atoms with van der Waals surface area (Å²) < 4.78 is 0. The molecular weight excluding hydrogens is 310 g/mol. The van der Waals surface area contributed by atoms with Gasteiger partial charge in [0.1, 0.15) is 5.69 Å². The van der Waals surface area contributed by atoms with Crippen molar-refractivity contribution in [2.75, 3.05) is 24.5 Å². The van der Waals surface area contributed by atoms with E-state index in [2.05, 4.69) is 23.7 Å². The molecule has 0 spiro atoms. The Bertz CT molecular complexity index is 651. The summed E-state index contributed by atoms with van der Waals surface area (Å²) in [7, 11) is 0. The summed E-state index contributed by atoms with van der Waals surface area (Å²) in [5, 5.41) is 0. The van der Waals surface area contributed by atoms with Crippen molar-refractivity contribution in [1.82, 2.24) is 9.88 Å². The summed E-state index contributed by atoms with van der Waals surface area (Å²) >= 11 is 0. The van der Waals surface area contributed by atoms with Crippen LogP contribution < -0.4 is 4.90 Å². The normalized spacial score (nSPS) is 10.5. The molecule has 25 heavy (non-hydrogen) atoms. The van der Waals surface area contributed by atoms with E-state index in [1.165, 1.54) is 0 Å². The van der Waals surface area contributed by atoms with Crippen LogP contribution in [0.3, 0.4) is 0 Å². The van der Waals surface area contributed by atoms with Gasteiger partial charge in [0.15, 0.2) is 0 Å². The van der Waals surface area contributed by atoms with Crippen molar-refractivity contribution in [3.05, 3.63) is 59.9 Å². The van der Waals surface area contributed by atoms with Crippen LogP contribution in [-0.2, 0) is 6.54 Å². The van der Waals surface area contributed by atoms with Gasteiger partial charge in [0.2, 0.25) is 0 Å². The number of carbonyl (C=O) groups excluding carboxylic acids is 1. The highest BCUT2D eigenvalue weighted by atomic mass is 16.2. The first-order valence-corrected chi connectivity index (χ1v) is 9.23. The van der Waals surface area contributed by atoms with Crippen molar-refractivity contribution >= 4 is 11.6 Å². The number of carbonyl (C=O) groups is 1. The van der Waals surface area contributed by atoms with E-state index in [1.807, 2.05) is 54.3 Å². The van der Waals surface area contributed by atoms with Gasteiger partial charge < -0.3 is 9.80 Å². The van der Waals surface area contributed by atoms with E-state index >= 15 is 0 Å². The van der Waals surface area contributed by atoms with E-state index in [-0.39, 0.29) is 5.91 Å². The maximum absolute atomic E-state index is 12.9. The number of anilines is 1. The quantitative estimate of drug-likeness (QED) is 0.680. The molecule has 0 aliphatic rings. The largest absolute Gasteiger partial charge is 0.371 e. The molecule has 1 aromatic heterocycles. The number of nitrogens with zero attached hydrogens (tertiary/aromatic N) is 3. The van der Waals surface area contributed by atoms with Crippen molar-refractivity contribution in [1.29, 1.82) is 0 Å². The Morgan fingerprint density at radius 3 is 2.28 bits per heavy atom. The second-order valence-corrected chi connectivity index (χ2v) is 6.19. The van der Waals surface area contributed by atoms with Gasteiger partial charge >= 0.3 is 0 Å². The lowest BCUT2D eigenvalue weighted by atomic mass is 10.2. The van der Waals surface area contributed by atoms with Crippen LogP contribution in [0.2, 0.25) is 0 Å². The van der Waals surface area contributed by atoms with Gasteiger partial charge in [-0.3, -0.25) is 9.78 Å². The van der Waals surface area contributed by atoms with E-state index in [0.29, 0.717) is 18.8 Å². The molecule has 0 N–H and O–H groups in total. The Kier molecular flexibility index (Phi) is 7.45. The Morgan fingerprint density at radius 2 is 1.68 bits per heavy atom. The number of hydrogen-bond donors (Lipinski definition) is 0. The highest BCUT2D eigenvalue weighted by Gasteiger charge is 2.17. The van der Waals surface area contributed by atoms with Gasteiger partial charge in [-0.2, -0.15) is 0 Å². The van der Waals surface area contributed by atoms with Crippen LogP contribution in [-0.4, -0.2) is 35.4 Å². The first kappa shape index (κ1) is 19.0. The van der Waals surface area contributed by atoms with Crippen molar-refractivity contribution in [3.8, 4) is 0 Å².